The third-order valence-corrected chi connectivity index (χ3v) is 6.86. The summed E-state index contributed by atoms with van der Waals surface area (Å²) >= 11 is 0. The molecular formula is C31H37N3O5. The van der Waals surface area contributed by atoms with E-state index < -0.39 is 6.10 Å². The molecule has 0 spiro atoms. The van der Waals surface area contributed by atoms with Gasteiger partial charge in [-0.3, -0.25) is 4.79 Å². The first-order valence-electron chi connectivity index (χ1n) is 13.3. The number of amides is 3. The minimum Gasteiger partial charge on any atom is -0.493 e. The van der Waals surface area contributed by atoms with E-state index in [-0.39, 0.29) is 11.9 Å². The fourth-order valence-electron chi connectivity index (χ4n) is 4.58. The summed E-state index contributed by atoms with van der Waals surface area (Å²) in [6.07, 6.45) is 0.643. The van der Waals surface area contributed by atoms with Crippen molar-refractivity contribution in [2.45, 2.75) is 52.2 Å². The smallest absolute Gasteiger partial charge is 0.323 e. The summed E-state index contributed by atoms with van der Waals surface area (Å²) in [5.74, 6) is 2.34. The van der Waals surface area contributed by atoms with Crippen LogP contribution in [0, 0.1) is 0 Å². The summed E-state index contributed by atoms with van der Waals surface area (Å²) < 4.78 is 16.9. The molecule has 3 amide bonds. The first-order chi connectivity index (χ1) is 18.8. The zero-order valence-corrected chi connectivity index (χ0v) is 23.2. The Labute approximate surface area is 230 Å². The van der Waals surface area contributed by atoms with Gasteiger partial charge < -0.3 is 29.7 Å². The number of methoxy groups -OCH3 is 2. The lowest BCUT2D eigenvalue weighted by molar-refractivity contribution is -0.138. The summed E-state index contributed by atoms with van der Waals surface area (Å²) in [6.45, 7) is 7.09. The van der Waals surface area contributed by atoms with E-state index in [0.29, 0.717) is 60.5 Å². The number of anilines is 2. The van der Waals surface area contributed by atoms with Crippen molar-refractivity contribution in [2.24, 2.45) is 0 Å². The number of carbonyl (C=O) groups excluding carboxylic acids is 2. The van der Waals surface area contributed by atoms with Crippen LogP contribution in [0.15, 0.2) is 60.7 Å². The van der Waals surface area contributed by atoms with Crippen LogP contribution in [0.2, 0.25) is 0 Å². The van der Waals surface area contributed by atoms with Crippen LogP contribution in [-0.4, -0.2) is 43.7 Å². The number of ether oxygens (including phenoxy) is 3. The quantitative estimate of drug-likeness (QED) is 0.343. The van der Waals surface area contributed by atoms with E-state index in [4.69, 9.17) is 14.2 Å². The van der Waals surface area contributed by atoms with Gasteiger partial charge in [-0.15, -0.1) is 0 Å². The molecule has 3 aromatic carbocycles. The Bertz CT molecular complexity index is 1310. The number of hydrogen-bond donors (Lipinski definition) is 2. The van der Waals surface area contributed by atoms with Crippen molar-refractivity contribution in [2.75, 3.05) is 31.4 Å². The molecular weight excluding hydrogens is 494 g/mol. The second kappa shape index (κ2) is 12.6. The first kappa shape index (κ1) is 27.8. The highest BCUT2D eigenvalue weighted by Gasteiger charge is 2.30. The Kier molecular flexibility index (Phi) is 8.96. The summed E-state index contributed by atoms with van der Waals surface area (Å²) in [7, 11) is 3.21. The molecule has 4 rings (SSSR count). The van der Waals surface area contributed by atoms with Gasteiger partial charge in [0.05, 0.1) is 14.2 Å². The van der Waals surface area contributed by atoms with Crippen molar-refractivity contribution >= 4 is 23.3 Å². The molecule has 8 nitrogen and oxygen atoms in total. The van der Waals surface area contributed by atoms with E-state index >= 15 is 0 Å². The van der Waals surface area contributed by atoms with Crippen LogP contribution in [0.25, 0.3) is 0 Å². The lowest BCUT2D eigenvalue weighted by atomic mass is 10.0. The second-order valence-corrected chi connectivity index (χ2v) is 9.89. The maximum Gasteiger partial charge on any atom is 0.323 e. The van der Waals surface area contributed by atoms with E-state index in [1.54, 1.807) is 20.3 Å². The number of fused-ring (bicyclic) bond motifs is 1. The zero-order chi connectivity index (χ0) is 27.9. The summed E-state index contributed by atoms with van der Waals surface area (Å²) in [5, 5.41) is 5.77. The van der Waals surface area contributed by atoms with Gasteiger partial charge in [0.15, 0.2) is 17.6 Å². The molecule has 206 valence electrons. The van der Waals surface area contributed by atoms with E-state index in [1.807, 2.05) is 66.4 Å². The maximum absolute atomic E-state index is 13.3. The predicted octanol–water partition coefficient (Wildman–Crippen LogP) is 6.21. The van der Waals surface area contributed by atoms with Gasteiger partial charge in [-0.05, 0) is 72.4 Å². The lowest BCUT2D eigenvalue weighted by Crippen LogP contribution is -2.40. The summed E-state index contributed by atoms with van der Waals surface area (Å²) in [5.41, 5.74) is 4.42. The van der Waals surface area contributed by atoms with Crippen molar-refractivity contribution in [1.29, 1.82) is 0 Å². The maximum atomic E-state index is 13.3. The first-order valence-corrected chi connectivity index (χ1v) is 13.3. The Hall–Kier alpha value is -4.20. The van der Waals surface area contributed by atoms with Crippen molar-refractivity contribution in [3.05, 3.63) is 77.4 Å². The van der Waals surface area contributed by atoms with E-state index in [9.17, 15) is 9.59 Å². The molecule has 0 saturated carbocycles. The van der Waals surface area contributed by atoms with Crippen molar-refractivity contribution in [3.8, 4) is 17.2 Å². The number of rotatable bonds is 9. The van der Waals surface area contributed by atoms with Gasteiger partial charge >= 0.3 is 6.03 Å². The summed E-state index contributed by atoms with van der Waals surface area (Å²) in [4.78, 5) is 27.8. The molecule has 0 fully saturated rings. The number of hydrogen-bond acceptors (Lipinski definition) is 5. The van der Waals surface area contributed by atoms with Crippen LogP contribution >= 0.6 is 0 Å². The molecule has 0 aromatic heterocycles. The Balaban J connectivity index is 1.46. The molecule has 0 aliphatic carbocycles. The average molecular weight is 532 g/mol. The molecule has 1 heterocycles. The second-order valence-electron chi connectivity index (χ2n) is 9.89. The normalized spacial score (nSPS) is 14.8. The van der Waals surface area contributed by atoms with Gasteiger partial charge in [0.1, 0.15) is 5.75 Å². The van der Waals surface area contributed by atoms with Crippen LogP contribution in [0.5, 0.6) is 17.2 Å². The fourth-order valence-corrected chi connectivity index (χ4v) is 4.58. The third-order valence-electron chi connectivity index (χ3n) is 6.86. The molecule has 0 bridgehead atoms. The number of carbonyl (C=O) groups is 2. The monoisotopic (exact) mass is 531 g/mol. The van der Waals surface area contributed by atoms with Gasteiger partial charge in [-0.2, -0.15) is 0 Å². The molecule has 0 saturated heterocycles. The molecule has 1 aliphatic rings. The zero-order valence-electron chi connectivity index (χ0n) is 23.2. The van der Waals surface area contributed by atoms with E-state index in [2.05, 4.69) is 24.5 Å². The summed E-state index contributed by atoms with van der Waals surface area (Å²) in [6, 6.07) is 18.7. The molecule has 1 atom stereocenters. The number of urea groups is 1. The Morgan fingerprint density at radius 2 is 1.67 bits per heavy atom. The molecule has 2 N–H and O–H groups in total. The lowest BCUT2D eigenvalue weighted by Gasteiger charge is -2.23. The highest BCUT2D eigenvalue weighted by Crippen LogP contribution is 2.31. The topological polar surface area (TPSA) is 89.1 Å². The highest BCUT2D eigenvalue weighted by molar-refractivity contribution is 5.99. The van der Waals surface area contributed by atoms with Crippen LogP contribution < -0.4 is 24.8 Å². The van der Waals surface area contributed by atoms with Gasteiger partial charge in [-0.1, -0.05) is 39.0 Å². The van der Waals surface area contributed by atoms with Crippen molar-refractivity contribution < 1.29 is 23.8 Å². The van der Waals surface area contributed by atoms with Gasteiger partial charge in [0.2, 0.25) is 0 Å². The molecule has 3 aromatic rings. The van der Waals surface area contributed by atoms with Gasteiger partial charge in [0.25, 0.3) is 5.91 Å². The van der Waals surface area contributed by atoms with Crippen LogP contribution in [0.1, 0.15) is 49.8 Å². The standard InChI is InChI=1S/C31H37N3O5/c1-6-26-30(35)34(16-15-21-7-13-28(37-4)29(17-21)38-5)19-23-18-25(12-14-27(23)39-26)33-31(36)32-24-10-8-22(9-11-24)20(2)3/h7-14,17-18,20,26H,6,15-16,19H2,1-5H3,(H2,32,33,36). The average Bonchev–Trinajstić information content (AvgIpc) is 3.07. The number of benzene rings is 3. The van der Waals surface area contributed by atoms with E-state index in [1.165, 1.54) is 5.56 Å². The number of nitrogens with zero attached hydrogens (tertiary/aromatic N) is 1. The SMILES string of the molecule is CCC1Oc2ccc(NC(=O)Nc3ccc(C(C)C)cc3)cc2CN(CCc2ccc(OC)c(OC)c2)C1=O. The largest absolute Gasteiger partial charge is 0.493 e. The van der Waals surface area contributed by atoms with E-state index in [0.717, 1.165) is 11.1 Å². The molecule has 39 heavy (non-hydrogen) atoms. The predicted molar refractivity (Wildman–Crippen MR) is 153 cm³/mol. The number of nitrogens with one attached hydrogen (secondary N) is 2. The Morgan fingerprint density at radius 3 is 2.33 bits per heavy atom. The van der Waals surface area contributed by atoms with Crippen LogP contribution in [0.3, 0.4) is 0 Å². The molecule has 8 heteroatoms. The molecule has 1 aliphatic heterocycles. The third kappa shape index (κ3) is 6.82. The van der Waals surface area contributed by atoms with Gasteiger partial charge in [0, 0.05) is 30.0 Å². The Morgan fingerprint density at radius 1 is 0.974 bits per heavy atom. The van der Waals surface area contributed by atoms with Crippen LogP contribution in [-0.2, 0) is 17.8 Å². The minimum absolute atomic E-state index is 0.0497. The molecule has 1 unspecified atom stereocenters. The molecule has 0 radical (unpaired) electrons. The van der Waals surface area contributed by atoms with Gasteiger partial charge in [-0.25, -0.2) is 4.79 Å². The van der Waals surface area contributed by atoms with Crippen molar-refractivity contribution in [3.63, 3.8) is 0 Å². The van der Waals surface area contributed by atoms with Crippen molar-refractivity contribution in [1.82, 2.24) is 4.90 Å². The highest BCUT2D eigenvalue weighted by atomic mass is 16.5. The fraction of sp³-hybridized carbons (Fsp3) is 0.355. The minimum atomic E-state index is -0.562. The van der Waals surface area contributed by atoms with Crippen LogP contribution in [0.4, 0.5) is 16.2 Å².